The first-order valence-corrected chi connectivity index (χ1v) is 6.96. The third-order valence-corrected chi connectivity index (χ3v) is 3.22. The van der Waals surface area contributed by atoms with E-state index in [0.717, 1.165) is 6.20 Å². The molecule has 0 unspecified atom stereocenters. The zero-order chi connectivity index (χ0) is 16.8. The maximum Gasteiger partial charge on any atom is 0.290 e. The molecule has 2 rings (SSSR count). The summed E-state index contributed by atoms with van der Waals surface area (Å²) >= 11 is 0. The van der Waals surface area contributed by atoms with Gasteiger partial charge in [-0.3, -0.25) is 19.7 Å². The maximum absolute atomic E-state index is 11.9. The normalized spacial score (nSPS) is 10.1. The minimum atomic E-state index is -0.535. The quantitative estimate of drug-likeness (QED) is 0.502. The second-order valence-corrected chi connectivity index (χ2v) is 4.95. The molecule has 1 aromatic carbocycles. The van der Waals surface area contributed by atoms with E-state index in [1.165, 1.54) is 6.07 Å². The second-order valence-electron chi connectivity index (χ2n) is 4.95. The highest BCUT2D eigenvalue weighted by Crippen LogP contribution is 2.19. The van der Waals surface area contributed by atoms with Gasteiger partial charge in [0.2, 0.25) is 5.91 Å². The standard InChI is InChI=1S/C16H15N3O4/c1-11-9-15(17-10-13(11)19(22)23)18-16(21)8-7-14(20)12-5-3-2-4-6-12/h2-6,9-10H,7-8H2,1H3,(H,17,18,21). The Morgan fingerprint density at radius 2 is 1.91 bits per heavy atom. The van der Waals surface area contributed by atoms with Gasteiger partial charge in [0.25, 0.3) is 5.69 Å². The summed E-state index contributed by atoms with van der Waals surface area (Å²) < 4.78 is 0. The highest BCUT2D eigenvalue weighted by atomic mass is 16.6. The molecule has 1 N–H and O–H groups in total. The summed E-state index contributed by atoms with van der Waals surface area (Å²) in [4.78, 5) is 37.7. The Balaban J connectivity index is 1.91. The first-order chi connectivity index (χ1) is 11.0. The number of carbonyl (C=O) groups excluding carboxylic acids is 2. The molecule has 0 aliphatic carbocycles. The monoisotopic (exact) mass is 313 g/mol. The van der Waals surface area contributed by atoms with E-state index in [4.69, 9.17) is 0 Å². The lowest BCUT2D eigenvalue weighted by molar-refractivity contribution is -0.385. The van der Waals surface area contributed by atoms with Crippen molar-refractivity contribution in [1.29, 1.82) is 0 Å². The van der Waals surface area contributed by atoms with Crippen LogP contribution in [0.25, 0.3) is 0 Å². The Kier molecular flexibility index (Phi) is 5.14. The lowest BCUT2D eigenvalue weighted by Crippen LogP contribution is -2.14. The predicted molar refractivity (Wildman–Crippen MR) is 84.3 cm³/mol. The van der Waals surface area contributed by atoms with Crippen LogP contribution >= 0.6 is 0 Å². The molecule has 0 atom stereocenters. The number of rotatable bonds is 6. The molecule has 1 heterocycles. The summed E-state index contributed by atoms with van der Waals surface area (Å²) in [5.74, 6) is -0.256. The molecule has 118 valence electrons. The number of nitro groups is 1. The molecule has 0 bridgehead atoms. The number of nitrogens with one attached hydrogen (secondary N) is 1. The molecule has 23 heavy (non-hydrogen) atoms. The number of Topliss-reactive ketones (excluding diaryl/α,β-unsaturated/α-hetero) is 1. The number of aromatic nitrogens is 1. The smallest absolute Gasteiger partial charge is 0.290 e. The molecular weight excluding hydrogens is 298 g/mol. The van der Waals surface area contributed by atoms with Crippen LogP contribution in [0, 0.1) is 17.0 Å². The lowest BCUT2D eigenvalue weighted by atomic mass is 10.1. The van der Waals surface area contributed by atoms with E-state index in [1.54, 1.807) is 31.2 Å². The second kappa shape index (κ2) is 7.26. The summed E-state index contributed by atoms with van der Waals surface area (Å²) in [5, 5.41) is 13.2. The van der Waals surface area contributed by atoms with Crippen molar-refractivity contribution in [2.45, 2.75) is 19.8 Å². The van der Waals surface area contributed by atoms with Gasteiger partial charge in [-0.2, -0.15) is 0 Å². The first kappa shape index (κ1) is 16.3. The van der Waals surface area contributed by atoms with Crippen molar-refractivity contribution in [3.63, 3.8) is 0 Å². The Labute approximate surface area is 132 Å². The highest BCUT2D eigenvalue weighted by molar-refractivity contribution is 5.99. The average molecular weight is 313 g/mol. The number of amides is 1. The van der Waals surface area contributed by atoms with Crippen molar-refractivity contribution in [1.82, 2.24) is 4.98 Å². The molecule has 1 amide bonds. The molecule has 0 aliphatic heterocycles. The maximum atomic E-state index is 11.9. The van der Waals surface area contributed by atoms with Gasteiger partial charge >= 0.3 is 0 Å². The summed E-state index contributed by atoms with van der Waals surface area (Å²) in [5.41, 5.74) is 0.854. The minimum Gasteiger partial charge on any atom is -0.311 e. The Morgan fingerprint density at radius 3 is 2.52 bits per heavy atom. The molecule has 0 spiro atoms. The fourth-order valence-corrected chi connectivity index (χ4v) is 2.01. The molecule has 0 radical (unpaired) electrons. The van der Waals surface area contributed by atoms with Crippen LogP contribution in [0.2, 0.25) is 0 Å². The molecular formula is C16H15N3O4. The van der Waals surface area contributed by atoms with Gasteiger partial charge in [-0.15, -0.1) is 0 Å². The van der Waals surface area contributed by atoms with E-state index in [0.29, 0.717) is 11.1 Å². The van der Waals surface area contributed by atoms with E-state index in [-0.39, 0.29) is 36.0 Å². The van der Waals surface area contributed by atoms with Crippen LogP contribution in [0.3, 0.4) is 0 Å². The van der Waals surface area contributed by atoms with Crippen LogP contribution in [0.4, 0.5) is 11.5 Å². The van der Waals surface area contributed by atoms with Crippen LogP contribution in [-0.2, 0) is 4.79 Å². The molecule has 2 aromatic rings. The Hall–Kier alpha value is -3.09. The van der Waals surface area contributed by atoms with Crippen LogP contribution in [0.5, 0.6) is 0 Å². The number of carbonyl (C=O) groups is 2. The topological polar surface area (TPSA) is 102 Å². The van der Waals surface area contributed by atoms with Gasteiger partial charge in [-0.25, -0.2) is 4.98 Å². The van der Waals surface area contributed by atoms with E-state index >= 15 is 0 Å². The number of hydrogen-bond donors (Lipinski definition) is 1. The number of anilines is 1. The number of ketones is 1. The van der Waals surface area contributed by atoms with Crippen molar-refractivity contribution in [3.05, 3.63) is 63.8 Å². The molecule has 7 nitrogen and oxygen atoms in total. The van der Waals surface area contributed by atoms with Crippen LogP contribution in [-0.4, -0.2) is 21.6 Å². The van der Waals surface area contributed by atoms with Crippen molar-refractivity contribution in [3.8, 4) is 0 Å². The van der Waals surface area contributed by atoms with E-state index < -0.39 is 4.92 Å². The summed E-state index contributed by atoms with van der Waals surface area (Å²) in [6.45, 7) is 1.56. The van der Waals surface area contributed by atoms with Gasteiger partial charge in [0.05, 0.1) is 4.92 Å². The SMILES string of the molecule is Cc1cc(NC(=O)CCC(=O)c2ccccc2)ncc1[N+](=O)[O-]. The van der Waals surface area contributed by atoms with Crippen molar-refractivity contribution < 1.29 is 14.5 Å². The minimum absolute atomic E-state index is 0.0193. The molecule has 0 saturated carbocycles. The highest BCUT2D eigenvalue weighted by Gasteiger charge is 2.13. The molecule has 7 heteroatoms. The van der Waals surface area contributed by atoms with E-state index in [1.807, 2.05) is 6.07 Å². The molecule has 0 saturated heterocycles. The Bertz CT molecular complexity index is 744. The van der Waals surface area contributed by atoms with Crippen LogP contribution in [0.1, 0.15) is 28.8 Å². The van der Waals surface area contributed by atoms with Gasteiger partial charge in [0.15, 0.2) is 5.78 Å². The summed E-state index contributed by atoms with van der Waals surface area (Å²) in [6.07, 6.45) is 1.20. The van der Waals surface area contributed by atoms with Gasteiger partial charge in [0.1, 0.15) is 12.0 Å². The van der Waals surface area contributed by atoms with E-state index in [2.05, 4.69) is 10.3 Å². The zero-order valence-electron chi connectivity index (χ0n) is 12.5. The Morgan fingerprint density at radius 1 is 1.22 bits per heavy atom. The van der Waals surface area contributed by atoms with E-state index in [9.17, 15) is 19.7 Å². The van der Waals surface area contributed by atoms with Gasteiger partial charge in [-0.05, 0) is 13.0 Å². The summed E-state index contributed by atoms with van der Waals surface area (Å²) in [6, 6.07) is 10.2. The van der Waals surface area contributed by atoms with Crippen molar-refractivity contribution in [2.24, 2.45) is 0 Å². The predicted octanol–water partition coefficient (Wildman–Crippen LogP) is 2.90. The number of aryl methyl sites for hydroxylation is 1. The number of benzene rings is 1. The van der Waals surface area contributed by atoms with Gasteiger partial charge in [-0.1, -0.05) is 30.3 Å². The van der Waals surface area contributed by atoms with Crippen molar-refractivity contribution >= 4 is 23.2 Å². The van der Waals surface area contributed by atoms with Gasteiger partial charge in [0, 0.05) is 24.0 Å². The largest absolute Gasteiger partial charge is 0.311 e. The summed E-state index contributed by atoms with van der Waals surface area (Å²) in [7, 11) is 0. The van der Waals surface area contributed by atoms with Crippen LogP contribution < -0.4 is 5.32 Å². The molecule has 1 aromatic heterocycles. The number of nitrogens with zero attached hydrogens (tertiary/aromatic N) is 2. The zero-order valence-corrected chi connectivity index (χ0v) is 12.5. The van der Waals surface area contributed by atoms with Crippen molar-refractivity contribution in [2.75, 3.05) is 5.32 Å². The average Bonchev–Trinajstić information content (AvgIpc) is 2.53. The molecule has 0 aliphatic rings. The fraction of sp³-hybridized carbons (Fsp3) is 0.188. The number of hydrogen-bond acceptors (Lipinski definition) is 5. The lowest BCUT2D eigenvalue weighted by Gasteiger charge is -2.05. The third kappa shape index (κ3) is 4.44. The number of pyridine rings is 1. The fourth-order valence-electron chi connectivity index (χ4n) is 2.01. The van der Waals surface area contributed by atoms with Gasteiger partial charge < -0.3 is 5.32 Å². The first-order valence-electron chi connectivity index (χ1n) is 6.96. The third-order valence-electron chi connectivity index (χ3n) is 3.22. The van der Waals surface area contributed by atoms with Crippen LogP contribution in [0.15, 0.2) is 42.6 Å². The molecule has 0 fully saturated rings.